The van der Waals surface area contributed by atoms with Crippen LogP contribution in [0.4, 0.5) is 4.39 Å². The number of nitrogens with zero attached hydrogens (tertiary/aromatic N) is 1. The van der Waals surface area contributed by atoms with Crippen molar-refractivity contribution in [1.29, 1.82) is 5.26 Å². The van der Waals surface area contributed by atoms with E-state index in [1.807, 2.05) is 6.07 Å². The molecule has 13 heavy (non-hydrogen) atoms. The molecule has 1 aromatic rings. The molecule has 1 unspecified atom stereocenters. The SMILES string of the molecule is N#CCC(O)c1cc(F)ccc1Br. The molecule has 0 amide bonds. The Kier molecular flexibility index (Phi) is 3.40. The molecule has 0 fully saturated rings. The molecule has 1 rings (SSSR count). The summed E-state index contributed by atoms with van der Waals surface area (Å²) in [5, 5.41) is 17.7. The molecule has 0 saturated carbocycles. The second-order valence-corrected chi connectivity index (χ2v) is 3.40. The minimum atomic E-state index is -0.935. The van der Waals surface area contributed by atoms with E-state index in [-0.39, 0.29) is 6.42 Å². The summed E-state index contributed by atoms with van der Waals surface area (Å²) in [5.74, 6) is -0.421. The summed E-state index contributed by atoms with van der Waals surface area (Å²) >= 11 is 3.16. The number of aliphatic hydroxyl groups is 1. The predicted octanol–water partition coefficient (Wildman–Crippen LogP) is 2.54. The van der Waals surface area contributed by atoms with E-state index in [4.69, 9.17) is 5.26 Å². The van der Waals surface area contributed by atoms with Gasteiger partial charge in [-0.2, -0.15) is 5.26 Å². The summed E-state index contributed by atoms with van der Waals surface area (Å²) in [7, 11) is 0. The maximum atomic E-state index is 12.7. The third-order valence-electron chi connectivity index (χ3n) is 1.60. The average molecular weight is 244 g/mol. The van der Waals surface area contributed by atoms with Crippen LogP contribution in [0.3, 0.4) is 0 Å². The molecule has 0 aliphatic carbocycles. The van der Waals surface area contributed by atoms with Gasteiger partial charge in [0.1, 0.15) is 5.82 Å². The van der Waals surface area contributed by atoms with E-state index in [1.165, 1.54) is 18.2 Å². The predicted molar refractivity (Wildman–Crippen MR) is 49.3 cm³/mol. The standard InChI is InChI=1S/C9H7BrFNO/c10-8-2-1-6(11)5-7(8)9(13)3-4-12/h1-2,5,9,13H,3H2. The fourth-order valence-corrected chi connectivity index (χ4v) is 1.48. The molecule has 2 nitrogen and oxygen atoms in total. The Hall–Kier alpha value is -0.920. The highest BCUT2D eigenvalue weighted by molar-refractivity contribution is 9.10. The van der Waals surface area contributed by atoms with Crippen LogP contribution < -0.4 is 0 Å². The molecular formula is C9H7BrFNO. The van der Waals surface area contributed by atoms with E-state index < -0.39 is 11.9 Å². The van der Waals surface area contributed by atoms with Crippen LogP contribution in [-0.2, 0) is 0 Å². The molecule has 0 bridgehead atoms. The number of hydrogen-bond acceptors (Lipinski definition) is 2. The molecule has 4 heteroatoms. The molecule has 1 atom stereocenters. The summed E-state index contributed by atoms with van der Waals surface area (Å²) < 4.78 is 13.3. The maximum absolute atomic E-state index is 12.7. The van der Waals surface area contributed by atoms with Crippen LogP contribution in [0, 0.1) is 17.1 Å². The highest BCUT2D eigenvalue weighted by atomic mass is 79.9. The highest BCUT2D eigenvalue weighted by Crippen LogP contribution is 2.25. The number of halogens is 2. The van der Waals surface area contributed by atoms with E-state index in [9.17, 15) is 9.50 Å². The summed E-state index contributed by atoms with van der Waals surface area (Å²) in [6, 6.07) is 5.82. The first-order valence-electron chi connectivity index (χ1n) is 3.65. The Bertz CT molecular complexity index is 348. The molecule has 1 N–H and O–H groups in total. The Labute approximate surface area is 83.7 Å². The molecule has 1 aromatic carbocycles. The molecule has 0 aromatic heterocycles. The van der Waals surface area contributed by atoms with Crippen LogP contribution in [-0.4, -0.2) is 5.11 Å². The van der Waals surface area contributed by atoms with Gasteiger partial charge >= 0.3 is 0 Å². The Balaban J connectivity index is 3.00. The van der Waals surface area contributed by atoms with Crippen LogP contribution in [0.25, 0.3) is 0 Å². The third-order valence-corrected chi connectivity index (χ3v) is 2.32. The molecule has 0 aliphatic heterocycles. The van der Waals surface area contributed by atoms with E-state index in [1.54, 1.807) is 0 Å². The largest absolute Gasteiger partial charge is 0.387 e. The lowest BCUT2D eigenvalue weighted by molar-refractivity contribution is 0.182. The first-order chi connectivity index (χ1) is 6.15. The summed E-state index contributed by atoms with van der Waals surface area (Å²) in [4.78, 5) is 0. The van der Waals surface area contributed by atoms with Gasteiger partial charge in [-0.3, -0.25) is 0 Å². The van der Waals surface area contributed by atoms with Gasteiger partial charge in [0.2, 0.25) is 0 Å². The van der Waals surface area contributed by atoms with E-state index in [0.29, 0.717) is 10.0 Å². The zero-order valence-corrected chi connectivity index (χ0v) is 8.25. The van der Waals surface area contributed by atoms with Crippen molar-refractivity contribution in [1.82, 2.24) is 0 Å². The summed E-state index contributed by atoms with van der Waals surface area (Å²) in [6.07, 6.45) is -0.975. The van der Waals surface area contributed by atoms with Gasteiger partial charge in [-0.1, -0.05) is 15.9 Å². The van der Waals surface area contributed by atoms with Gasteiger partial charge in [0.05, 0.1) is 18.6 Å². The first kappa shape index (κ1) is 10.2. The average Bonchev–Trinajstić information content (AvgIpc) is 2.09. The van der Waals surface area contributed by atoms with Crippen LogP contribution >= 0.6 is 15.9 Å². The van der Waals surface area contributed by atoms with Gasteiger partial charge in [-0.05, 0) is 23.8 Å². The molecule has 0 radical (unpaired) electrons. The molecule has 0 heterocycles. The monoisotopic (exact) mass is 243 g/mol. The smallest absolute Gasteiger partial charge is 0.123 e. The molecular weight excluding hydrogens is 237 g/mol. The summed E-state index contributed by atoms with van der Waals surface area (Å²) in [5.41, 5.74) is 0.404. The third kappa shape index (κ3) is 2.51. The van der Waals surface area contributed by atoms with Gasteiger partial charge in [0.25, 0.3) is 0 Å². The van der Waals surface area contributed by atoms with Gasteiger partial charge in [-0.15, -0.1) is 0 Å². The minimum absolute atomic E-state index is 0.0396. The van der Waals surface area contributed by atoms with Crippen molar-refractivity contribution in [2.45, 2.75) is 12.5 Å². The Morgan fingerprint density at radius 2 is 2.31 bits per heavy atom. The number of benzene rings is 1. The van der Waals surface area contributed by atoms with Crippen molar-refractivity contribution in [2.24, 2.45) is 0 Å². The Morgan fingerprint density at radius 3 is 2.92 bits per heavy atom. The van der Waals surface area contributed by atoms with Gasteiger partial charge in [-0.25, -0.2) is 4.39 Å². The normalized spacial score (nSPS) is 12.2. The lowest BCUT2D eigenvalue weighted by Crippen LogP contribution is -1.97. The van der Waals surface area contributed by atoms with Crippen LogP contribution in [0.2, 0.25) is 0 Å². The highest BCUT2D eigenvalue weighted by Gasteiger charge is 2.11. The van der Waals surface area contributed by atoms with Crippen LogP contribution in [0.1, 0.15) is 18.1 Å². The lowest BCUT2D eigenvalue weighted by atomic mass is 10.1. The van der Waals surface area contributed by atoms with E-state index in [2.05, 4.69) is 15.9 Å². The fraction of sp³-hybridized carbons (Fsp3) is 0.222. The molecule has 68 valence electrons. The summed E-state index contributed by atoms with van der Waals surface area (Å²) in [6.45, 7) is 0. The number of aliphatic hydroxyl groups excluding tert-OH is 1. The van der Waals surface area contributed by atoms with E-state index in [0.717, 1.165) is 0 Å². The van der Waals surface area contributed by atoms with Crippen LogP contribution in [0.5, 0.6) is 0 Å². The van der Waals surface area contributed by atoms with Crippen molar-refractivity contribution < 1.29 is 9.50 Å². The zero-order chi connectivity index (χ0) is 9.84. The lowest BCUT2D eigenvalue weighted by Gasteiger charge is -2.08. The van der Waals surface area contributed by atoms with Crippen molar-refractivity contribution in [3.05, 3.63) is 34.1 Å². The quantitative estimate of drug-likeness (QED) is 0.868. The van der Waals surface area contributed by atoms with Crippen molar-refractivity contribution in [2.75, 3.05) is 0 Å². The molecule has 0 aliphatic rings. The minimum Gasteiger partial charge on any atom is -0.387 e. The van der Waals surface area contributed by atoms with Crippen molar-refractivity contribution in [3.8, 4) is 6.07 Å². The second kappa shape index (κ2) is 4.35. The number of hydrogen-bond donors (Lipinski definition) is 1. The fourth-order valence-electron chi connectivity index (χ4n) is 0.966. The molecule has 0 saturated heterocycles. The zero-order valence-electron chi connectivity index (χ0n) is 6.67. The van der Waals surface area contributed by atoms with E-state index >= 15 is 0 Å². The Morgan fingerprint density at radius 1 is 1.62 bits per heavy atom. The molecule has 0 spiro atoms. The number of nitriles is 1. The second-order valence-electron chi connectivity index (χ2n) is 2.54. The van der Waals surface area contributed by atoms with Gasteiger partial charge in [0.15, 0.2) is 0 Å². The van der Waals surface area contributed by atoms with Crippen molar-refractivity contribution >= 4 is 15.9 Å². The van der Waals surface area contributed by atoms with Gasteiger partial charge < -0.3 is 5.11 Å². The topological polar surface area (TPSA) is 44.0 Å². The number of rotatable bonds is 2. The van der Waals surface area contributed by atoms with Crippen LogP contribution in [0.15, 0.2) is 22.7 Å². The maximum Gasteiger partial charge on any atom is 0.123 e. The van der Waals surface area contributed by atoms with Crippen molar-refractivity contribution in [3.63, 3.8) is 0 Å². The van der Waals surface area contributed by atoms with Gasteiger partial charge in [0, 0.05) is 4.47 Å². The first-order valence-corrected chi connectivity index (χ1v) is 4.44.